The fourth-order valence-corrected chi connectivity index (χ4v) is 16.1. The van der Waals surface area contributed by atoms with Gasteiger partial charge in [0.15, 0.2) is 0 Å². The average molecular weight is 1330 g/mol. The van der Waals surface area contributed by atoms with E-state index in [0.29, 0.717) is 23.7 Å². The van der Waals surface area contributed by atoms with E-state index in [1.54, 1.807) is 0 Å². The third kappa shape index (κ3) is 10.3. The number of aromatic nitrogens is 4. The first-order valence-electron chi connectivity index (χ1n) is 37.3. The van der Waals surface area contributed by atoms with Crippen molar-refractivity contribution >= 4 is 126 Å². The van der Waals surface area contributed by atoms with Crippen molar-refractivity contribution in [2.45, 2.75) is 99.8 Å². The van der Waals surface area contributed by atoms with E-state index in [1.807, 2.05) is 55.6 Å². The molecule has 0 fully saturated rings. The van der Waals surface area contributed by atoms with Crippen LogP contribution in [0.5, 0.6) is 0 Å². The lowest BCUT2D eigenvalue weighted by molar-refractivity contribution is 0.665. The number of imidazole rings is 2. The molecule has 5 aromatic heterocycles. The van der Waals surface area contributed by atoms with Crippen molar-refractivity contribution in [3.8, 4) is 34.2 Å². The standard InChI is InChI=1S/C36H32N2O.C32H30N2O.C25H20N2O/c1-21(2)25-13-10-14-26(22(3)4)34(25)38-31-16-9-8-15-30(31)37-36(38)27-18-19-29-33-28-12-7-6-11-24(28)17-20-32(33)39-35(29)23(27)5;1-19(2)23-11-8-12-24(20(3)4)30(23)34-18-17-33-32(34)25-14-15-27-29-26-10-7-6-9-22(26)13-16-28(29)35-31(27)21(25)5;1-16-20(27-15-26(2)21-9-5-6-10-22(21)27)13-12-19-24-18-8-4-3-7-17(18)11-14-23(24)28-25(16)19/h6-22H,1-5H3;6-20H,1-5H3;3-14H,15H2,1-2H3/i;;2D3. The van der Waals surface area contributed by atoms with Gasteiger partial charge in [0.2, 0.25) is 0 Å². The van der Waals surface area contributed by atoms with Gasteiger partial charge in [-0.2, -0.15) is 0 Å². The summed E-state index contributed by atoms with van der Waals surface area (Å²) in [7, 11) is 0. The Morgan fingerprint density at radius 3 is 1.31 bits per heavy atom. The second-order valence-electron chi connectivity index (χ2n) is 28.7. The number of fused-ring (bicyclic) bond motifs is 17. The molecular formula is C93H82N6O3. The van der Waals surface area contributed by atoms with E-state index in [4.69, 9.17) is 27.3 Å². The zero-order chi connectivity index (χ0) is 72.4. The number of rotatable bonds is 9. The summed E-state index contributed by atoms with van der Waals surface area (Å²) in [6.07, 6.45) is 4.00. The number of hydrogen-bond acceptors (Lipinski definition) is 7. The fourth-order valence-electron chi connectivity index (χ4n) is 16.1. The summed E-state index contributed by atoms with van der Waals surface area (Å²) >= 11 is 0. The van der Waals surface area contributed by atoms with E-state index >= 15 is 0 Å². The van der Waals surface area contributed by atoms with Gasteiger partial charge < -0.3 is 23.1 Å². The van der Waals surface area contributed by atoms with Gasteiger partial charge in [-0.15, -0.1) is 0 Å². The SMILES string of the molecule is Cc1c(-c2nc3ccccc3n2-c2c(C(C)C)cccc2C(C)C)ccc2c1oc1ccc3ccccc3c12.Cc1c(-c2nccn2-c2c(C(C)C)cccc2C(C)C)ccc2c1oc1ccc3ccccc3c12.[2H]C([2H])([2H])N1CN(c2ccc3c(oc4ccc5ccccc5c43)c2C)c2ccccc21. The molecule has 13 aromatic carbocycles. The zero-order valence-electron chi connectivity index (χ0n) is 62.5. The number of aryl methyl sites for hydroxylation is 3. The van der Waals surface area contributed by atoms with Crippen LogP contribution in [0, 0.1) is 20.8 Å². The highest BCUT2D eigenvalue weighted by molar-refractivity contribution is 6.22. The first-order valence-corrected chi connectivity index (χ1v) is 35.8. The summed E-state index contributed by atoms with van der Waals surface area (Å²) in [4.78, 5) is 13.6. The number of benzene rings is 13. The Morgan fingerprint density at radius 2 is 0.814 bits per heavy atom. The number of para-hydroxylation sites is 6. The molecule has 102 heavy (non-hydrogen) atoms. The molecular weight excluding hydrogens is 1250 g/mol. The number of nitrogens with zero attached hydrogens (tertiary/aromatic N) is 6. The summed E-state index contributed by atoms with van der Waals surface area (Å²) in [5.41, 5.74) is 23.4. The molecule has 0 aliphatic carbocycles. The Kier molecular flexibility index (Phi) is 14.9. The van der Waals surface area contributed by atoms with Crippen LogP contribution in [0.2, 0.25) is 0 Å². The van der Waals surface area contributed by atoms with Gasteiger partial charge in [0.1, 0.15) is 45.1 Å². The van der Waals surface area contributed by atoms with Gasteiger partial charge >= 0.3 is 0 Å². The summed E-state index contributed by atoms with van der Waals surface area (Å²) < 4.78 is 47.9. The van der Waals surface area contributed by atoms with Gasteiger partial charge in [-0.25, -0.2) is 9.97 Å². The van der Waals surface area contributed by atoms with Crippen LogP contribution in [-0.2, 0) is 0 Å². The molecule has 9 nitrogen and oxygen atoms in total. The van der Waals surface area contributed by atoms with Crippen LogP contribution in [0.4, 0.5) is 17.1 Å². The molecule has 0 N–H and O–H groups in total. The highest BCUT2D eigenvalue weighted by Crippen LogP contribution is 2.47. The molecule has 0 saturated carbocycles. The minimum Gasteiger partial charge on any atom is -0.456 e. The summed E-state index contributed by atoms with van der Waals surface area (Å²) in [5, 5.41) is 14.1. The van der Waals surface area contributed by atoms with E-state index in [-0.39, 0.29) is 6.67 Å². The van der Waals surface area contributed by atoms with Gasteiger partial charge in [0.05, 0.1) is 40.5 Å². The quantitative estimate of drug-likeness (QED) is 0.142. The maximum Gasteiger partial charge on any atom is 0.146 e. The second-order valence-corrected chi connectivity index (χ2v) is 28.7. The predicted molar refractivity (Wildman–Crippen MR) is 429 cm³/mol. The average Bonchev–Trinajstić information content (AvgIpc) is 1.60. The fraction of sp³-hybridized carbons (Fsp3) is 0.183. The van der Waals surface area contributed by atoms with Crippen molar-refractivity contribution in [1.82, 2.24) is 19.1 Å². The molecule has 0 radical (unpaired) electrons. The molecule has 1 aliphatic rings. The lowest BCUT2D eigenvalue weighted by Crippen LogP contribution is -2.24. The normalized spacial score (nSPS) is 13.1. The molecule has 0 bridgehead atoms. The largest absolute Gasteiger partial charge is 0.456 e. The lowest BCUT2D eigenvalue weighted by atomic mass is 9.92. The van der Waals surface area contributed by atoms with Crippen molar-refractivity contribution in [2.24, 2.45) is 0 Å². The molecule has 18 aromatic rings. The minimum atomic E-state index is -2.21. The van der Waals surface area contributed by atoms with Gasteiger partial charge in [0, 0.05) is 89.3 Å². The van der Waals surface area contributed by atoms with Crippen molar-refractivity contribution in [3.63, 3.8) is 0 Å². The topological polar surface area (TPSA) is 81.5 Å². The molecule has 502 valence electrons. The Hall–Kier alpha value is -11.7. The van der Waals surface area contributed by atoms with E-state index in [9.17, 15) is 0 Å². The third-order valence-electron chi connectivity index (χ3n) is 21.2. The molecule has 9 heteroatoms. The molecule has 0 amide bonds. The Labute approximate surface area is 598 Å². The summed E-state index contributed by atoms with van der Waals surface area (Å²) in [6, 6.07) is 80.5. The lowest BCUT2D eigenvalue weighted by Gasteiger charge is -2.23. The van der Waals surface area contributed by atoms with Crippen molar-refractivity contribution in [3.05, 3.63) is 282 Å². The van der Waals surface area contributed by atoms with E-state index in [2.05, 4.69) is 278 Å². The third-order valence-corrected chi connectivity index (χ3v) is 21.2. The van der Waals surface area contributed by atoms with Crippen LogP contribution in [0.25, 0.3) is 143 Å². The minimum absolute atomic E-state index is 0.269. The van der Waals surface area contributed by atoms with Crippen molar-refractivity contribution in [1.29, 1.82) is 0 Å². The van der Waals surface area contributed by atoms with E-state index in [1.165, 1.54) is 81.6 Å². The molecule has 0 spiro atoms. The molecule has 0 saturated heterocycles. The monoisotopic (exact) mass is 1330 g/mol. The molecule has 19 rings (SSSR count). The smallest absolute Gasteiger partial charge is 0.146 e. The number of anilines is 3. The van der Waals surface area contributed by atoms with Crippen LogP contribution in [0.1, 0.15) is 122 Å². The van der Waals surface area contributed by atoms with Crippen molar-refractivity contribution < 1.29 is 17.4 Å². The molecule has 0 unspecified atom stereocenters. The maximum atomic E-state index is 7.96. The predicted octanol–water partition coefficient (Wildman–Crippen LogP) is 26.0. The highest BCUT2D eigenvalue weighted by Gasteiger charge is 2.29. The Morgan fingerprint density at radius 1 is 0.382 bits per heavy atom. The van der Waals surface area contributed by atoms with Crippen LogP contribution < -0.4 is 9.80 Å². The molecule has 1 aliphatic heterocycles. The van der Waals surface area contributed by atoms with Crippen molar-refractivity contribution in [2.75, 3.05) is 23.4 Å². The Balaban J connectivity index is 0.000000117. The van der Waals surface area contributed by atoms with E-state index in [0.717, 1.165) is 123 Å². The number of furan rings is 3. The first-order chi connectivity index (χ1) is 50.8. The van der Waals surface area contributed by atoms with Crippen LogP contribution >= 0.6 is 0 Å². The summed E-state index contributed by atoms with van der Waals surface area (Å²) in [6.45, 7) is 22.6. The highest BCUT2D eigenvalue weighted by atomic mass is 16.3. The van der Waals surface area contributed by atoms with Gasteiger partial charge in [-0.05, 0) is 166 Å². The van der Waals surface area contributed by atoms with E-state index < -0.39 is 6.98 Å². The zero-order valence-corrected chi connectivity index (χ0v) is 59.5. The first kappa shape index (κ1) is 60.3. The van der Waals surface area contributed by atoms with Crippen LogP contribution in [0.3, 0.4) is 0 Å². The van der Waals surface area contributed by atoms with Crippen LogP contribution in [-0.4, -0.2) is 32.7 Å². The van der Waals surface area contributed by atoms with Gasteiger partial charge in [-0.3, -0.25) is 9.13 Å². The molecule has 0 atom stereocenters. The van der Waals surface area contributed by atoms with Gasteiger partial charge in [-0.1, -0.05) is 219 Å². The Bertz CT molecular complexity index is 6420. The maximum absolute atomic E-state index is 7.96. The summed E-state index contributed by atoms with van der Waals surface area (Å²) in [5.74, 6) is 3.47. The molecule has 6 heterocycles. The van der Waals surface area contributed by atoms with Gasteiger partial charge in [0.25, 0.3) is 0 Å². The second kappa shape index (κ2) is 25.2. The number of hydrogen-bond donors (Lipinski definition) is 0. The van der Waals surface area contributed by atoms with Crippen LogP contribution in [0.15, 0.2) is 256 Å².